The van der Waals surface area contributed by atoms with E-state index >= 15 is 0 Å². The fraction of sp³-hybridized carbons (Fsp3) is 0.562. The summed E-state index contributed by atoms with van der Waals surface area (Å²) in [4.78, 5) is 2.20. The molecule has 20 heavy (non-hydrogen) atoms. The minimum Gasteiger partial charge on any atom is -0.409 e. The quantitative estimate of drug-likeness (QED) is 0.376. The van der Waals surface area contributed by atoms with Gasteiger partial charge >= 0.3 is 0 Å². The first-order chi connectivity index (χ1) is 9.24. The molecule has 0 aliphatic heterocycles. The Morgan fingerprint density at radius 2 is 1.85 bits per heavy atom. The smallest absolute Gasteiger partial charge is 0.140 e. The second-order valence-corrected chi connectivity index (χ2v) is 6.51. The number of nitrogens with two attached hydrogens (primary N) is 1. The molecule has 0 aliphatic rings. The highest BCUT2D eigenvalue weighted by Crippen LogP contribution is 2.22. The Kier molecular flexibility index (Phi) is 5.57. The van der Waals surface area contributed by atoms with Crippen molar-refractivity contribution < 1.29 is 5.21 Å². The lowest BCUT2D eigenvalue weighted by Crippen LogP contribution is -2.32. The molecule has 1 aromatic rings. The van der Waals surface area contributed by atoms with E-state index in [1.54, 1.807) is 0 Å². The molecular weight excluding hydrogens is 250 g/mol. The van der Waals surface area contributed by atoms with E-state index < -0.39 is 0 Å². The van der Waals surface area contributed by atoms with Gasteiger partial charge in [-0.15, -0.1) is 0 Å². The first kappa shape index (κ1) is 16.5. The first-order valence-electron chi connectivity index (χ1n) is 7.00. The highest BCUT2D eigenvalue weighted by atomic mass is 16.4. The summed E-state index contributed by atoms with van der Waals surface area (Å²) in [5.74, 6) is 0.271. The number of rotatable bonds is 5. The molecule has 0 aromatic heterocycles. The number of hydrogen-bond donors (Lipinski definition) is 2. The van der Waals surface area contributed by atoms with E-state index in [0.29, 0.717) is 6.42 Å². The summed E-state index contributed by atoms with van der Waals surface area (Å²) in [7, 11) is 2.05. The van der Waals surface area contributed by atoms with Crippen LogP contribution in [0.4, 0.5) is 0 Å². The van der Waals surface area contributed by atoms with E-state index in [4.69, 9.17) is 10.9 Å². The largest absolute Gasteiger partial charge is 0.409 e. The summed E-state index contributed by atoms with van der Waals surface area (Å²) in [6.07, 6.45) is 0.563. The van der Waals surface area contributed by atoms with Gasteiger partial charge in [-0.1, -0.05) is 50.2 Å². The highest BCUT2D eigenvalue weighted by molar-refractivity contribution is 5.80. The lowest BCUT2D eigenvalue weighted by atomic mass is 9.87. The third-order valence-electron chi connectivity index (χ3n) is 3.64. The Balaban J connectivity index is 2.64. The monoisotopic (exact) mass is 277 g/mol. The SMILES string of the molecule is CC(CC(N)=NO)N(C)Cc1ccc(C(C)(C)C)cc1. The molecule has 0 saturated heterocycles. The van der Waals surface area contributed by atoms with E-state index in [0.717, 1.165) is 6.54 Å². The van der Waals surface area contributed by atoms with Crippen LogP contribution in [0.3, 0.4) is 0 Å². The fourth-order valence-corrected chi connectivity index (χ4v) is 2.05. The van der Waals surface area contributed by atoms with E-state index in [9.17, 15) is 0 Å². The molecule has 4 heteroatoms. The van der Waals surface area contributed by atoms with E-state index in [1.165, 1.54) is 11.1 Å². The van der Waals surface area contributed by atoms with Gasteiger partial charge in [-0.2, -0.15) is 0 Å². The zero-order valence-corrected chi connectivity index (χ0v) is 13.2. The van der Waals surface area contributed by atoms with Crippen LogP contribution in [0.1, 0.15) is 45.2 Å². The maximum atomic E-state index is 8.61. The molecule has 0 radical (unpaired) electrons. The van der Waals surface area contributed by atoms with Crippen molar-refractivity contribution >= 4 is 5.84 Å². The maximum absolute atomic E-state index is 8.61. The average Bonchev–Trinajstić information content (AvgIpc) is 2.38. The van der Waals surface area contributed by atoms with Crippen molar-refractivity contribution in [3.05, 3.63) is 35.4 Å². The molecule has 0 spiro atoms. The lowest BCUT2D eigenvalue weighted by molar-refractivity contribution is 0.251. The Labute approximate surface area is 122 Å². The fourth-order valence-electron chi connectivity index (χ4n) is 2.05. The van der Waals surface area contributed by atoms with Crippen LogP contribution in [-0.2, 0) is 12.0 Å². The minimum atomic E-state index is 0.184. The summed E-state index contributed by atoms with van der Waals surface area (Å²) < 4.78 is 0. The van der Waals surface area contributed by atoms with Gasteiger partial charge in [0.2, 0.25) is 0 Å². The maximum Gasteiger partial charge on any atom is 0.140 e. The van der Waals surface area contributed by atoms with Crippen LogP contribution in [-0.4, -0.2) is 29.0 Å². The number of oxime groups is 1. The number of hydrogen-bond acceptors (Lipinski definition) is 3. The van der Waals surface area contributed by atoms with Crippen LogP contribution in [0, 0.1) is 0 Å². The van der Waals surface area contributed by atoms with Crippen LogP contribution < -0.4 is 5.73 Å². The molecule has 1 aromatic carbocycles. The number of benzene rings is 1. The van der Waals surface area contributed by atoms with Gasteiger partial charge in [0, 0.05) is 19.0 Å². The number of nitrogens with zero attached hydrogens (tertiary/aromatic N) is 2. The third kappa shape index (κ3) is 4.85. The van der Waals surface area contributed by atoms with Crippen LogP contribution >= 0.6 is 0 Å². The van der Waals surface area contributed by atoms with Gasteiger partial charge in [-0.3, -0.25) is 4.90 Å². The molecule has 0 bridgehead atoms. The molecule has 1 atom stereocenters. The Morgan fingerprint density at radius 3 is 2.30 bits per heavy atom. The highest BCUT2D eigenvalue weighted by Gasteiger charge is 2.14. The molecular formula is C16H27N3O. The van der Waals surface area contributed by atoms with Gasteiger partial charge in [0.1, 0.15) is 5.84 Å². The predicted molar refractivity (Wildman–Crippen MR) is 84.1 cm³/mol. The van der Waals surface area contributed by atoms with Crippen LogP contribution in [0.2, 0.25) is 0 Å². The van der Waals surface area contributed by atoms with Crippen molar-refractivity contribution in [2.45, 2.75) is 52.1 Å². The molecule has 4 nitrogen and oxygen atoms in total. The summed E-state index contributed by atoms with van der Waals surface area (Å²) >= 11 is 0. The predicted octanol–water partition coefficient (Wildman–Crippen LogP) is 2.94. The third-order valence-corrected chi connectivity index (χ3v) is 3.64. The molecule has 112 valence electrons. The Morgan fingerprint density at radius 1 is 1.30 bits per heavy atom. The van der Waals surface area contributed by atoms with Crippen molar-refractivity contribution in [2.75, 3.05) is 7.05 Å². The normalized spacial score (nSPS) is 14.6. The van der Waals surface area contributed by atoms with Gasteiger partial charge in [0.25, 0.3) is 0 Å². The van der Waals surface area contributed by atoms with Crippen LogP contribution in [0.5, 0.6) is 0 Å². The van der Waals surface area contributed by atoms with Crippen molar-refractivity contribution in [1.29, 1.82) is 0 Å². The molecule has 0 heterocycles. The molecule has 3 N–H and O–H groups in total. The first-order valence-corrected chi connectivity index (χ1v) is 7.00. The molecule has 0 saturated carbocycles. The van der Waals surface area contributed by atoms with E-state index in [2.05, 4.69) is 62.0 Å². The Bertz CT molecular complexity index is 446. The zero-order valence-electron chi connectivity index (χ0n) is 13.2. The van der Waals surface area contributed by atoms with Crippen LogP contribution in [0.15, 0.2) is 29.4 Å². The van der Waals surface area contributed by atoms with Gasteiger partial charge in [0.05, 0.1) is 0 Å². The van der Waals surface area contributed by atoms with Crippen molar-refractivity contribution in [1.82, 2.24) is 4.90 Å². The van der Waals surface area contributed by atoms with Crippen molar-refractivity contribution in [3.8, 4) is 0 Å². The number of amidine groups is 1. The summed E-state index contributed by atoms with van der Waals surface area (Å²) in [5, 5.41) is 11.6. The second-order valence-electron chi connectivity index (χ2n) is 6.51. The van der Waals surface area contributed by atoms with E-state index in [1.807, 2.05) is 7.05 Å². The molecule has 1 unspecified atom stereocenters. The van der Waals surface area contributed by atoms with Crippen molar-refractivity contribution in [3.63, 3.8) is 0 Å². The van der Waals surface area contributed by atoms with E-state index in [-0.39, 0.29) is 17.3 Å². The topological polar surface area (TPSA) is 61.9 Å². The van der Waals surface area contributed by atoms with Crippen molar-refractivity contribution in [2.24, 2.45) is 10.9 Å². The lowest BCUT2D eigenvalue weighted by Gasteiger charge is -2.25. The Hall–Kier alpha value is -1.55. The van der Waals surface area contributed by atoms with Gasteiger partial charge in [-0.05, 0) is 30.5 Å². The average molecular weight is 277 g/mol. The summed E-state index contributed by atoms with van der Waals surface area (Å²) in [6.45, 7) is 9.57. The zero-order chi connectivity index (χ0) is 15.3. The van der Waals surface area contributed by atoms with Crippen LogP contribution in [0.25, 0.3) is 0 Å². The van der Waals surface area contributed by atoms with Gasteiger partial charge in [0.15, 0.2) is 0 Å². The minimum absolute atomic E-state index is 0.184. The molecule has 1 rings (SSSR count). The standard InChI is InChI=1S/C16H27N3O/c1-12(10-15(17)18-20)19(5)11-13-6-8-14(9-7-13)16(2,3)4/h6-9,12,20H,10-11H2,1-5H3,(H2,17,18). The summed E-state index contributed by atoms with van der Waals surface area (Å²) in [6, 6.07) is 8.96. The molecule has 0 fully saturated rings. The van der Waals surface area contributed by atoms with Gasteiger partial charge < -0.3 is 10.9 Å². The second kappa shape index (κ2) is 6.75. The summed E-state index contributed by atoms with van der Waals surface area (Å²) in [5.41, 5.74) is 8.34. The molecule has 0 aliphatic carbocycles. The van der Waals surface area contributed by atoms with Gasteiger partial charge in [-0.25, -0.2) is 0 Å². The molecule has 0 amide bonds.